The number of para-hydroxylation sites is 1. The maximum Gasteiger partial charge on any atom is 0.243 e. The Morgan fingerprint density at radius 1 is 1.18 bits per heavy atom. The Hall–Kier alpha value is -2.27. The van der Waals surface area contributed by atoms with Gasteiger partial charge in [-0.3, -0.25) is 4.79 Å². The SMILES string of the molecule is C=CCOc1ccc(NCC(=O)Nc2ccccc2Br)cc1. The Morgan fingerprint density at radius 3 is 2.59 bits per heavy atom. The molecule has 0 heterocycles. The number of ether oxygens (including phenoxy) is 1. The van der Waals surface area contributed by atoms with Crippen LogP contribution in [0.4, 0.5) is 11.4 Å². The van der Waals surface area contributed by atoms with Crippen molar-refractivity contribution in [2.45, 2.75) is 0 Å². The van der Waals surface area contributed by atoms with Gasteiger partial charge in [-0.15, -0.1) is 0 Å². The first kappa shape index (κ1) is 16.1. The number of amides is 1. The van der Waals surface area contributed by atoms with Crippen molar-refractivity contribution in [2.75, 3.05) is 23.8 Å². The molecule has 1 amide bonds. The molecule has 114 valence electrons. The average Bonchev–Trinajstić information content (AvgIpc) is 2.54. The molecule has 0 saturated heterocycles. The van der Waals surface area contributed by atoms with E-state index in [1.807, 2.05) is 48.5 Å². The summed E-state index contributed by atoms with van der Waals surface area (Å²) in [5.74, 6) is 0.655. The van der Waals surface area contributed by atoms with Crippen LogP contribution in [0.25, 0.3) is 0 Å². The Morgan fingerprint density at radius 2 is 1.91 bits per heavy atom. The van der Waals surface area contributed by atoms with E-state index in [0.29, 0.717) is 6.61 Å². The largest absolute Gasteiger partial charge is 0.490 e. The molecule has 0 atom stereocenters. The molecule has 0 fully saturated rings. The van der Waals surface area contributed by atoms with Crippen molar-refractivity contribution < 1.29 is 9.53 Å². The second kappa shape index (κ2) is 8.24. The first-order valence-electron chi connectivity index (χ1n) is 6.81. The maximum atomic E-state index is 11.9. The highest BCUT2D eigenvalue weighted by Crippen LogP contribution is 2.21. The molecular weight excluding hydrogens is 344 g/mol. The van der Waals surface area contributed by atoms with Crippen LogP contribution in [0.5, 0.6) is 5.75 Å². The van der Waals surface area contributed by atoms with Crippen molar-refractivity contribution >= 4 is 33.2 Å². The molecule has 22 heavy (non-hydrogen) atoms. The summed E-state index contributed by atoms with van der Waals surface area (Å²) in [5, 5.41) is 5.90. The number of anilines is 2. The summed E-state index contributed by atoms with van der Waals surface area (Å²) in [6.07, 6.45) is 1.69. The average molecular weight is 361 g/mol. The van der Waals surface area contributed by atoms with E-state index in [-0.39, 0.29) is 12.5 Å². The molecule has 0 aliphatic rings. The van der Waals surface area contributed by atoms with E-state index >= 15 is 0 Å². The summed E-state index contributed by atoms with van der Waals surface area (Å²) in [4.78, 5) is 11.9. The van der Waals surface area contributed by atoms with Crippen LogP contribution < -0.4 is 15.4 Å². The molecule has 0 aliphatic carbocycles. The number of rotatable bonds is 7. The molecule has 5 heteroatoms. The smallest absolute Gasteiger partial charge is 0.243 e. The van der Waals surface area contributed by atoms with Crippen molar-refractivity contribution in [2.24, 2.45) is 0 Å². The number of hydrogen-bond acceptors (Lipinski definition) is 3. The Bertz CT molecular complexity index is 641. The van der Waals surface area contributed by atoms with Gasteiger partial charge in [0.05, 0.1) is 12.2 Å². The number of carbonyl (C=O) groups is 1. The molecule has 0 unspecified atom stereocenters. The second-order valence-corrected chi connectivity index (χ2v) is 5.36. The van der Waals surface area contributed by atoms with Gasteiger partial charge in [0, 0.05) is 10.2 Å². The van der Waals surface area contributed by atoms with E-state index in [9.17, 15) is 4.79 Å². The number of benzene rings is 2. The summed E-state index contributed by atoms with van der Waals surface area (Å²) in [7, 11) is 0. The number of halogens is 1. The third-order valence-electron chi connectivity index (χ3n) is 2.82. The van der Waals surface area contributed by atoms with Crippen LogP contribution in [-0.2, 0) is 4.79 Å². The highest BCUT2D eigenvalue weighted by atomic mass is 79.9. The van der Waals surface area contributed by atoms with Crippen molar-refractivity contribution in [1.29, 1.82) is 0 Å². The molecule has 2 aromatic rings. The number of hydrogen-bond donors (Lipinski definition) is 2. The lowest BCUT2D eigenvalue weighted by atomic mass is 10.3. The van der Waals surface area contributed by atoms with E-state index < -0.39 is 0 Å². The second-order valence-electron chi connectivity index (χ2n) is 4.51. The third-order valence-corrected chi connectivity index (χ3v) is 3.51. The van der Waals surface area contributed by atoms with E-state index in [4.69, 9.17) is 4.74 Å². The summed E-state index contributed by atoms with van der Waals surface area (Å²) >= 11 is 3.39. The molecule has 0 aliphatic heterocycles. The minimum atomic E-state index is -0.112. The quantitative estimate of drug-likeness (QED) is 0.731. The number of carbonyl (C=O) groups excluding carboxylic acids is 1. The summed E-state index contributed by atoms with van der Waals surface area (Å²) in [6, 6.07) is 14.9. The molecule has 2 rings (SSSR count). The Labute approximate surface area is 138 Å². The predicted molar refractivity (Wildman–Crippen MR) is 93.4 cm³/mol. The van der Waals surface area contributed by atoms with Gasteiger partial charge in [-0.2, -0.15) is 0 Å². The van der Waals surface area contributed by atoms with Crippen LogP contribution >= 0.6 is 15.9 Å². The molecule has 2 N–H and O–H groups in total. The van der Waals surface area contributed by atoms with Gasteiger partial charge in [0.25, 0.3) is 0 Å². The monoisotopic (exact) mass is 360 g/mol. The van der Waals surface area contributed by atoms with Crippen molar-refractivity contribution in [3.05, 3.63) is 65.7 Å². The van der Waals surface area contributed by atoms with E-state index in [0.717, 1.165) is 21.6 Å². The Kier molecular flexibility index (Phi) is 6.03. The molecule has 2 aromatic carbocycles. The number of nitrogens with one attached hydrogen (secondary N) is 2. The maximum absolute atomic E-state index is 11.9. The van der Waals surface area contributed by atoms with Crippen LogP contribution in [0, 0.1) is 0 Å². The zero-order chi connectivity index (χ0) is 15.8. The van der Waals surface area contributed by atoms with Gasteiger partial charge in [0.2, 0.25) is 5.91 Å². The van der Waals surface area contributed by atoms with Crippen LogP contribution in [0.1, 0.15) is 0 Å². The normalized spacial score (nSPS) is 9.86. The van der Waals surface area contributed by atoms with Gasteiger partial charge in [-0.1, -0.05) is 24.8 Å². The fourth-order valence-electron chi connectivity index (χ4n) is 1.76. The minimum absolute atomic E-state index is 0.112. The molecule has 0 aromatic heterocycles. The van der Waals surface area contributed by atoms with Gasteiger partial charge in [0.15, 0.2) is 0 Å². The molecule has 4 nitrogen and oxygen atoms in total. The van der Waals surface area contributed by atoms with E-state index in [1.54, 1.807) is 6.08 Å². The lowest BCUT2D eigenvalue weighted by Crippen LogP contribution is -2.21. The first-order chi connectivity index (χ1) is 10.7. The zero-order valence-electron chi connectivity index (χ0n) is 12.0. The fraction of sp³-hybridized carbons (Fsp3) is 0.118. The molecule has 0 radical (unpaired) electrons. The van der Waals surface area contributed by atoms with E-state index in [2.05, 4.69) is 33.1 Å². The summed E-state index contributed by atoms with van der Waals surface area (Å²) in [6.45, 7) is 4.26. The van der Waals surface area contributed by atoms with Crippen molar-refractivity contribution in [1.82, 2.24) is 0 Å². The molecule has 0 bridgehead atoms. The molecular formula is C17H17BrN2O2. The van der Waals surface area contributed by atoms with Gasteiger partial charge in [0.1, 0.15) is 12.4 Å². The predicted octanol–water partition coefficient (Wildman–Crippen LogP) is 4.06. The molecule has 0 spiro atoms. The van der Waals surface area contributed by atoms with Gasteiger partial charge >= 0.3 is 0 Å². The third kappa shape index (κ3) is 4.93. The minimum Gasteiger partial charge on any atom is -0.490 e. The summed E-state index contributed by atoms with van der Waals surface area (Å²) in [5.41, 5.74) is 1.61. The topological polar surface area (TPSA) is 50.4 Å². The highest BCUT2D eigenvalue weighted by molar-refractivity contribution is 9.10. The standard InChI is InChI=1S/C17H17BrN2O2/c1-2-11-22-14-9-7-13(8-10-14)19-12-17(21)20-16-6-4-3-5-15(16)18/h2-10,19H,1,11-12H2,(H,20,21). The fourth-order valence-corrected chi connectivity index (χ4v) is 2.15. The molecule has 0 saturated carbocycles. The first-order valence-corrected chi connectivity index (χ1v) is 7.60. The van der Waals surface area contributed by atoms with Crippen LogP contribution in [-0.4, -0.2) is 19.1 Å². The van der Waals surface area contributed by atoms with Gasteiger partial charge in [-0.25, -0.2) is 0 Å². The van der Waals surface area contributed by atoms with Crippen LogP contribution in [0.2, 0.25) is 0 Å². The zero-order valence-corrected chi connectivity index (χ0v) is 13.6. The lowest BCUT2D eigenvalue weighted by molar-refractivity contribution is -0.114. The van der Waals surface area contributed by atoms with Gasteiger partial charge in [-0.05, 0) is 52.3 Å². The lowest BCUT2D eigenvalue weighted by Gasteiger charge is -2.10. The van der Waals surface area contributed by atoms with Crippen LogP contribution in [0.3, 0.4) is 0 Å². The van der Waals surface area contributed by atoms with Crippen LogP contribution in [0.15, 0.2) is 65.7 Å². The highest BCUT2D eigenvalue weighted by Gasteiger charge is 2.04. The van der Waals surface area contributed by atoms with E-state index in [1.165, 1.54) is 0 Å². The van der Waals surface area contributed by atoms with Crippen molar-refractivity contribution in [3.8, 4) is 5.75 Å². The summed E-state index contributed by atoms with van der Waals surface area (Å²) < 4.78 is 6.25. The Balaban J connectivity index is 1.83. The van der Waals surface area contributed by atoms with Gasteiger partial charge < -0.3 is 15.4 Å². The van der Waals surface area contributed by atoms with Crippen molar-refractivity contribution in [3.63, 3.8) is 0 Å².